The molecule has 3 heterocycles. The van der Waals surface area contributed by atoms with Crippen LogP contribution in [0.1, 0.15) is 10.4 Å². The molecule has 6 heteroatoms. The lowest BCUT2D eigenvalue weighted by Gasteiger charge is -2.37. The standard InChI is InChI=1S/C19H24N4O2/c1-21-7-9-22(10-8-21)17-12-23(13-18(17)24)19(25)15-4-5-16-14(11-15)3-2-6-20-16/h2-6,11,17-18,24H,7-10,12-13H2,1H3/t17-,18-/m1/s1. The Kier molecular flexibility index (Phi) is 4.41. The van der Waals surface area contributed by atoms with Crippen molar-refractivity contribution >= 4 is 16.8 Å². The van der Waals surface area contributed by atoms with Gasteiger partial charge in [-0.2, -0.15) is 0 Å². The van der Waals surface area contributed by atoms with Crippen LogP contribution in [0.25, 0.3) is 10.9 Å². The van der Waals surface area contributed by atoms with Gasteiger partial charge in [0.1, 0.15) is 0 Å². The molecule has 0 radical (unpaired) electrons. The summed E-state index contributed by atoms with van der Waals surface area (Å²) in [7, 11) is 2.12. The molecule has 1 aromatic carbocycles. The molecule has 2 aliphatic rings. The number of hydrogen-bond donors (Lipinski definition) is 1. The van der Waals surface area contributed by atoms with Crippen molar-refractivity contribution in [2.24, 2.45) is 0 Å². The van der Waals surface area contributed by atoms with Crippen molar-refractivity contribution in [2.75, 3.05) is 46.3 Å². The van der Waals surface area contributed by atoms with Crippen LogP contribution < -0.4 is 0 Å². The van der Waals surface area contributed by atoms with Gasteiger partial charge in [0.15, 0.2) is 0 Å². The van der Waals surface area contributed by atoms with E-state index in [1.54, 1.807) is 11.1 Å². The van der Waals surface area contributed by atoms with E-state index in [-0.39, 0.29) is 11.9 Å². The fraction of sp³-hybridized carbons (Fsp3) is 0.474. The molecule has 2 aromatic rings. The minimum Gasteiger partial charge on any atom is -0.390 e. The maximum absolute atomic E-state index is 12.9. The Morgan fingerprint density at radius 2 is 1.96 bits per heavy atom. The number of benzene rings is 1. The molecule has 6 nitrogen and oxygen atoms in total. The van der Waals surface area contributed by atoms with Crippen molar-refractivity contribution in [3.05, 3.63) is 42.1 Å². The second-order valence-electron chi connectivity index (χ2n) is 7.09. The average molecular weight is 340 g/mol. The van der Waals surface area contributed by atoms with Gasteiger partial charge in [-0.3, -0.25) is 14.7 Å². The number of likely N-dealkylation sites (tertiary alicyclic amines) is 1. The minimum absolute atomic E-state index is 0.0126. The number of aromatic nitrogens is 1. The number of amides is 1. The van der Waals surface area contributed by atoms with Crippen molar-refractivity contribution in [1.29, 1.82) is 0 Å². The van der Waals surface area contributed by atoms with Crippen LogP contribution >= 0.6 is 0 Å². The van der Waals surface area contributed by atoms with Crippen LogP contribution in [0.5, 0.6) is 0 Å². The lowest BCUT2D eigenvalue weighted by molar-refractivity contribution is 0.0512. The highest BCUT2D eigenvalue weighted by molar-refractivity contribution is 5.98. The summed E-state index contributed by atoms with van der Waals surface area (Å²) in [6.45, 7) is 4.91. The molecule has 1 N–H and O–H groups in total. The zero-order chi connectivity index (χ0) is 17.4. The van der Waals surface area contributed by atoms with Crippen LogP contribution in [0.2, 0.25) is 0 Å². The molecule has 4 rings (SSSR count). The van der Waals surface area contributed by atoms with Gasteiger partial charge in [-0.25, -0.2) is 0 Å². The SMILES string of the molecule is CN1CCN([C@@H]2CN(C(=O)c3ccc4ncccc4c3)C[C@H]2O)CC1. The quantitative estimate of drug-likeness (QED) is 0.871. The molecule has 25 heavy (non-hydrogen) atoms. The summed E-state index contributed by atoms with van der Waals surface area (Å²) >= 11 is 0. The van der Waals surface area contributed by atoms with Gasteiger partial charge in [0.05, 0.1) is 17.7 Å². The molecule has 2 aliphatic heterocycles. The van der Waals surface area contributed by atoms with Gasteiger partial charge in [-0.1, -0.05) is 6.07 Å². The lowest BCUT2D eigenvalue weighted by Crippen LogP contribution is -2.52. The molecule has 2 saturated heterocycles. The smallest absolute Gasteiger partial charge is 0.254 e. The molecule has 1 aromatic heterocycles. The molecule has 0 spiro atoms. The van der Waals surface area contributed by atoms with E-state index >= 15 is 0 Å². The normalized spacial score (nSPS) is 25.6. The molecule has 1 amide bonds. The Morgan fingerprint density at radius 1 is 1.16 bits per heavy atom. The molecule has 2 fully saturated rings. The van der Waals surface area contributed by atoms with E-state index in [2.05, 4.69) is 21.8 Å². The number of pyridine rings is 1. The minimum atomic E-state index is -0.477. The number of rotatable bonds is 2. The number of fused-ring (bicyclic) bond motifs is 1. The van der Waals surface area contributed by atoms with E-state index in [1.807, 2.05) is 30.3 Å². The first-order chi connectivity index (χ1) is 12.1. The van der Waals surface area contributed by atoms with Crippen molar-refractivity contribution in [3.63, 3.8) is 0 Å². The fourth-order valence-electron chi connectivity index (χ4n) is 3.84. The summed E-state index contributed by atoms with van der Waals surface area (Å²) in [6, 6.07) is 9.48. The van der Waals surface area contributed by atoms with E-state index in [9.17, 15) is 9.90 Å². The zero-order valence-corrected chi connectivity index (χ0v) is 14.5. The van der Waals surface area contributed by atoms with Crippen LogP contribution in [0.3, 0.4) is 0 Å². The Hall–Kier alpha value is -2.02. The number of likely N-dealkylation sites (N-methyl/N-ethyl adjacent to an activating group) is 1. The second-order valence-corrected chi connectivity index (χ2v) is 7.09. The Morgan fingerprint density at radius 3 is 2.76 bits per heavy atom. The first-order valence-electron chi connectivity index (χ1n) is 8.86. The molecule has 0 aliphatic carbocycles. The highest BCUT2D eigenvalue weighted by Gasteiger charge is 2.38. The summed E-state index contributed by atoms with van der Waals surface area (Å²) in [5.74, 6) is -0.0126. The third-order valence-corrected chi connectivity index (χ3v) is 5.40. The number of aliphatic hydroxyl groups is 1. The van der Waals surface area contributed by atoms with Gasteiger partial charge < -0.3 is 14.9 Å². The van der Waals surface area contributed by atoms with Gasteiger partial charge in [0.25, 0.3) is 5.91 Å². The molecule has 2 atom stereocenters. The molecule has 0 bridgehead atoms. The van der Waals surface area contributed by atoms with Crippen molar-refractivity contribution in [2.45, 2.75) is 12.1 Å². The van der Waals surface area contributed by atoms with Crippen molar-refractivity contribution in [3.8, 4) is 0 Å². The van der Waals surface area contributed by atoms with Crippen LogP contribution in [-0.4, -0.2) is 89.2 Å². The van der Waals surface area contributed by atoms with Gasteiger partial charge in [-0.15, -0.1) is 0 Å². The largest absolute Gasteiger partial charge is 0.390 e. The Labute approximate surface area is 147 Å². The van der Waals surface area contributed by atoms with Crippen LogP contribution in [-0.2, 0) is 0 Å². The summed E-state index contributed by atoms with van der Waals surface area (Å²) in [5, 5.41) is 11.4. The summed E-state index contributed by atoms with van der Waals surface area (Å²) in [4.78, 5) is 23.6. The number of nitrogens with zero attached hydrogens (tertiary/aromatic N) is 4. The zero-order valence-electron chi connectivity index (χ0n) is 14.5. The first-order valence-corrected chi connectivity index (χ1v) is 8.86. The predicted octanol–water partition coefficient (Wildman–Crippen LogP) is 0.667. The van der Waals surface area contributed by atoms with Crippen LogP contribution in [0.15, 0.2) is 36.5 Å². The van der Waals surface area contributed by atoms with E-state index < -0.39 is 6.10 Å². The number of hydrogen-bond acceptors (Lipinski definition) is 5. The topological polar surface area (TPSA) is 59.9 Å². The lowest BCUT2D eigenvalue weighted by atomic mass is 10.1. The Bertz CT molecular complexity index is 773. The number of piperazine rings is 1. The van der Waals surface area contributed by atoms with Crippen LogP contribution in [0.4, 0.5) is 0 Å². The van der Waals surface area contributed by atoms with Gasteiger partial charge in [0, 0.05) is 56.4 Å². The number of carbonyl (C=O) groups is 1. The van der Waals surface area contributed by atoms with Crippen molar-refractivity contribution < 1.29 is 9.90 Å². The number of β-amino-alcohol motifs (C(OH)–C–C–N with tert-alkyl or cyclic N) is 1. The fourth-order valence-corrected chi connectivity index (χ4v) is 3.84. The van der Waals surface area contributed by atoms with Gasteiger partial charge >= 0.3 is 0 Å². The summed E-state index contributed by atoms with van der Waals surface area (Å²) < 4.78 is 0. The van der Waals surface area contributed by atoms with Crippen LogP contribution in [0, 0.1) is 0 Å². The highest BCUT2D eigenvalue weighted by Crippen LogP contribution is 2.21. The molecule has 0 saturated carbocycles. The third kappa shape index (κ3) is 3.25. The summed E-state index contributed by atoms with van der Waals surface area (Å²) in [5.41, 5.74) is 1.54. The first kappa shape index (κ1) is 16.4. The molecular formula is C19H24N4O2. The maximum Gasteiger partial charge on any atom is 0.254 e. The van der Waals surface area contributed by atoms with E-state index in [0.717, 1.165) is 37.1 Å². The van der Waals surface area contributed by atoms with Gasteiger partial charge in [0.2, 0.25) is 0 Å². The highest BCUT2D eigenvalue weighted by atomic mass is 16.3. The molecule has 0 unspecified atom stereocenters. The third-order valence-electron chi connectivity index (χ3n) is 5.40. The van der Waals surface area contributed by atoms with E-state index in [1.165, 1.54) is 0 Å². The Balaban J connectivity index is 1.48. The predicted molar refractivity (Wildman–Crippen MR) is 96.5 cm³/mol. The number of carbonyl (C=O) groups excluding carboxylic acids is 1. The molecule has 132 valence electrons. The van der Waals surface area contributed by atoms with Gasteiger partial charge in [-0.05, 0) is 31.3 Å². The summed E-state index contributed by atoms with van der Waals surface area (Å²) in [6.07, 6.45) is 1.27. The van der Waals surface area contributed by atoms with E-state index in [0.29, 0.717) is 18.7 Å². The monoisotopic (exact) mass is 340 g/mol. The molecular weight excluding hydrogens is 316 g/mol. The number of aliphatic hydroxyl groups excluding tert-OH is 1. The second kappa shape index (κ2) is 6.71. The van der Waals surface area contributed by atoms with Crippen molar-refractivity contribution in [1.82, 2.24) is 19.7 Å². The average Bonchev–Trinajstić information content (AvgIpc) is 3.03. The maximum atomic E-state index is 12.9. The van der Waals surface area contributed by atoms with E-state index in [4.69, 9.17) is 0 Å².